The van der Waals surface area contributed by atoms with Crippen LogP contribution < -0.4 is 5.32 Å². The van der Waals surface area contributed by atoms with Gasteiger partial charge in [0, 0.05) is 28.9 Å². The number of aliphatic carboxylic acids is 1. The Kier molecular flexibility index (Phi) is 4.82. The molecular weight excluding hydrogens is 306 g/mol. The van der Waals surface area contributed by atoms with E-state index in [1.807, 2.05) is 6.07 Å². The normalized spacial score (nSPS) is 12.1. The number of H-pyrrole nitrogens is 1. The monoisotopic (exact) mass is 321 g/mol. The van der Waals surface area contributed by atoms with Gasteiger partial charge < -0.3 is 15.4 Å². The standard InChI is InChI=1S/C15H16ClN3O3/c1-8(4-11(17)15(21)22)7-18-14(20)13-5-9-2-3-10(16)6-12(9)19-13/h2-3,5-6,8,17,19H,4,7H2,1H3,(H,18,20)(H,21,22)/t8-/m1/s1. The first-order chi connectivity index (χ1) is 10.4. The van der Waals surface area contributed by atoms with Gasteiger partial charge in [-0.3, -0.25) is 10.2 Å². The second-order valence-electron chi connectivity index (χ2n) is 5.22. The van der Waals surface area contributed by atoms with Crippen LogP contribution in [0.5, 0.6) is 0 Å². The molecular formula is C15H16ClN3O3. The van der Waals surface area contributed by atoms with Gasteiger partial charge in [-0.15, -0.1) is 0 Å². The van der Waals surface area contributed by atoms with Gasteiger partial charge in [0.15, 0.2) is 0 Å². The number of fused-ring (bicyclic) bond motifs is 1. The first kappa shape index (κ1) is 16.0. The molecule has 1 aromatic heterocycles. The second-order valence-corrected chi connectivity index (χ2v) is 5.65. The van der Waals surface area contributed by atoms with Crippen molar-refractivity contribution >= 4 is 40.1 Å². The Hall–Kier alpha value is -2.34. The molecule has 2 aromatic rings. The summed E-state index contributed by atoms with van der Waals surface area (Å²) in [5, 5.41) is 20.1. The van der Waals surface area contributed by atoms with E-state index in [2.05, 4.69) is 10.3 Å². The number of amides is 1. The van der Waals surface area contributed by atoms with E-state index in [1.54, 1.807) is 25.1 Å². The van der Waals surface area contributed by atoms with E-state index in [1.165, 1.54) is 0 Å². The van der Waals surface area contributed by atoms with Crippen LogP contribution in [0.25, 0.3) is 10.9 Å². The highest BCUT2D eigenvalue weighted by Crippen LogP contribution is 2.19. The molecule has 0 saturated carbocycles. The van der Waals surface area contributed by atoms with Gasteiger partial charge in [0.2, 0.25) is 0 Å². The number of aromatic amines is 1. The van der Waals surface area contributed by atoms with Crippen molar-refractivity contribution in [1.82, 2.24) is 10.3 Å². The number of carbonyl (C=O) groups is 2. The number of aromatic nitrogens is 1. The molecule has 0 fully saturated rings. The Bertz CT molecular complexity index is 739. The molecule has 116 valence electrons. The van der Waals surface area contributed by atoms with Crippen LogP contribution in [0, 0.1) is 11.3 Å². The summed E-state index contributed by atoms with van der Waals surface area (Å²) in [5.74, 6) is -1.64. The highest BCUT2D eigenvalue weighted by molar-refractivity contribution is 6.34. The Morgan fingerprint density at radius 2 is 2.14 bits per heavy atom. The lowest BCUT2D eigenvalue weighted by molar-refractivity contribution is -0.129. The molecule has 1 aromatic carbocycles. The Morgan fingerprint density at radius 1 is 1.41 bits per heavy atom. The highest BCUT2D eigenvalue weighted by Gasteiger charge is 2.14. The zero-order chi connectivity index (χ0) is 16.3. The van der Waals surface area contributed by atoms with Crippen molar-refractivity contribution in [3.05, 3.63) is 35.0 Å². The summed E-state index contributed by atoms with van der Waals surface area (Å²) < 4.78 is 0. The first-order valence-electron chi connectivity index (χ1n) is 6.74. The topological polar surface area (TPSA) is 106 Å². The molecule has 1 heterocycles. The van der Waals surface area contributed by atoms with Crippen LogP contribution in [0.1, 0.15) is 23.8 Å². The number of benzene rings is 1. The van der Waals surface area contributed by atoms with Gasteiger partial charge in [0.1, 0.15) is 11.4 Å². The second kappa shape index (κ2) is 6.62. The maximum Gasteiger partial charge on any atom is 0.349 e. The maximum atomic E-state index is 12.1. The third kappa shape index (κ3) is 3.85. The van der Waals surface area contributed by atoms with Crippen molar-refractivity contribution in [2.75, 3.05) is 6.54 Å². The predicted molar refractivity (Wildman–Crippen MR) is 84.8 cm³/mol. The van der Waals surface area contributed by atoms with Crippen LogP contribution in [0.4, 0.5) is 0 Å². The summed E-state index contributed by atoms with van der Waals surface area (Å²) in [4.78, 5) is 25.7. The molecule has 1 atom stereocenters. The van der Waals surface area contributed by atoms with Crippen molar-refractivity contribution in [3.63, 3.8) is 0 Å². The van der Waals surface area contributed by atoms with Crippen molar-refractivity contribution in [1.29, 1.82) is 5.41 Å². The fourth-order valence-corrected chi connectivity index (χ4v) is 2.26. The van der Waals surface area contributed by atoms with E-state index in [9.17, 15) is 9.59 Å². The molecule has 4 N–H and O–H groups in total. The van der Waals surface area contributed by atoms with Gasteiger partial charge >= 0.3 is 5.97 Å². The average Bonchev–Trinajstić information content (AvgIpc) is 2.87. The summed E-state index contributed by atoms with van der Waals surface area (Å²) in [6.07, 6.45) is 0.109. The molecule has 7 heteroatoms. The van der Waals surface area contributed by atoms with E-state index in [0.717, 1.165) is 10.9 Å². The van der Waals surface area contributed by atoms with Gasteiger partial charge in [-0.1, -0.05) is 24.6 Å². The molecule has 2 rings (SSSR count). The average molecular weight is 322 g/mol. The Morgan fingerprint density at radius 3 is 2.82 bits per heavy atom. The van der Waals surface area contributed by atoms with E-state index in [-0.39, 0.29) is 24.0 Å². The number of halogens is 1. The third-order valence-electron chi connectivity index (χ3n) is 3.25. The van der Waals surface area contributed by atoms with Crippen LogP contribution >= 0.6 is 11.6 Å². The number of carboxylic acids is 1. The van der Waals surface area contributed by atoms with Gasteiger partial charge in [0.25, 0.3) is 5.91 Å². The quantitative estimate of drug-likeness (QED) is 0.614. The van der Waals surface area contributed by atoms with Crippen molar-refractivity contribution in [2.45, 2.75) is 13.3 Å². The molecule has 0 aliphatic rings. The molecule has 0 aliphatic heterocycles. The molecule has 22 heavy (non-hydrogen) atoms. The molecule has 0 aliphatic carbocycles. The summed E-state index contributed by atoms with van der Waals surface area (Å²) in [5.41, 5.74) is 0.832. The number of carbonyl (C=O) groups excluding carboxylic acids is 1. The summed E-state index contributed by atoms with van der Waals surface area (Å²) in [6.45, 7) is 2.08. The fraction of sp³-hybridized carbons (Fsp3) is 0.267. The third-order valence-corrected chi connectivity index (χ3v) is 3.49. The number of carboxylic acid groups (broad SMARTS) is 1. The summed E-state index contributed by atoms with van der Waals surface area (Å²) >= 11 is 5.90. The van der Waals surface area contributed by atoms with E-state index < -0.39 is 5.97 Å². The SMILES string of the molecule is C[C@@H](CNC(=O)c1cc2ccc(Cl)cc2[nH]1)CC(=N)C(=O)O. The Balaban J connectivity index is 1.96. The van der Waals surface area contributed by atoms with E-state index >= 15 is 0 Å². The zero-order valence-electron chi connectivity index (χ0n) is 11.9. The lowest BCUT2D eigenvalue weighted by atomic mass is 10.0. The number of hydrogen-bond acceptors (Lipinski definition) is 3. The van der Waals surface area contributed by atoms with Gasteiger partial charge in [0.05, 0.1) is 0 Å². The summed E-state index contributed by atoms with van der Waals surface area (Å²) in [6, 6.07) is 7.04. The summed E-state index contributed by atoms with van der Waals surface area (Å²) in [7, 11) is 0. The van der Waals surface area contributed by atoms with Gasteiger partial charge in [-0.25, -0.2) is 4.79 Å². The van der Waals surface area contributed by atoms with Crippen LogP contribution in [0.2, 0.25) is 5.02 Å². The smallest absolute Gasteiger partial charge is 0.349 e. The Labute approximate surface area is 132 Å². The molecule has 0 radical (unpaired) electrons. The number of rotatable bonds is 6. The van der Waals surface area contributed by atoms with Gasteiger partial charge in [-0.2, -0.15) is 0 Å². The molecule has 0 spiro atoms. The zero-order valence-corrected chi connectivity index (χ0v) is 12.7. The minimum Gasteiger partial charge on any atom is -0.477 e. The van der Waals surface area contributed by atoms with Crippen LogP contribution in [0.3, 0.4) is 0 Å². The molecule has 6 nitrogen and oxygen atoms in total. The molecule has 0 unspecified atom stereocenters. The lowest BCUT2D eigenvalue weighted by Gasteiger charge is -2.11. The lowest BCUT2D eigenvalue weighted by Crippen LogP contribution is -2.30. The van der Waals surface area contributed by atoms with Crippen LogP contribution in [0.15, 0.2) is 24.3 Å². The minimum atomic E-state index is -1.23. The first-order valence-corrected chi connectivity index (χ1v) is 7.12. The van der Waals surface area contributed by atoms with Gasteiger partial charge in [-0.05, 0) is 24.1 Å². The minimum absolute atomic E-state index is 0.109. The largest absolute Gasteiger partial charge is 0.477 e. The van der Waals surface area contributed by atoms with Crippen molar-refractivity contribution in [3.8, 4) is 0 Å². The van der Waals surface area contributed by atoms with Crippen LogP contribution in [-0.4, -0.2) is 34.2 Å². The predicted octanol–water partition coefficient (Wildman–Crippen LogP) is 2.68. The fourth-order valence-electron chi connectivity index (χ4n) is 2.09. The van der Waals surface area contributed by atoms with E-state index in [0.29, 0.717) is 17.3 Å². The van der Waals surface area contributed by atoms with Crippen molar-refractivity contribution in [2.24, 2.45) is 5.92 Å². The van der Waals surface area contributed by atoms with Crippen molar-refractivity contribution < 1.29 is 14.7 Å². The highest BCUT2D eigenvalue weighted by atomic mass is 35.5. The maximum absolute atomic E-state index is 12.1. The number of hydrogen-bond donors (Lipinski definition) is 4. The molecule has 1 amide bonds. The molecule has 0 bridgehead atoms. The molecule has 0 saturated heterocycles. The number of nitrogens with one attached hydrogen (secondary N) is 3. The van der Waals surface area contributed by atoms with E-state index in [4.69, 9.17) is 22.1 Å². The van der Waals surface area contributed by atoms with Crippen LogP contribution in [-0.2, 0) is 4.79 Å².